The number of hydrogen-bond acceptors (Lipinski definition) is 6. The van der Waals surface area contributed by atoms with Crippen LogP contribution in [0.5, 0.6) is 5.75 Å². The van der Waals surface area contributed by atoms with Gasteiger partial charge < -0.3 is 20.1 Å². The minimum Gasteiger partial charge on any atom is -0.495 e. The summed E-state index contributed by atoms with van der Waals surface area (Å²) in [6.07, 6.45) is 0. The zero-order chi connectivity index (χ0) is 22.5. The maximum Gasteiger partial charge on any atom is 0.341 e. The molecule has 0 unspecified atom stereocenters. The third kappa shape index (κ3) is 4.56. The van der Waals surface area contributed by atoms with Gasteiger partial charge in [0.1, 0.15) is 16.6 Å². The van der Waals surface area contributed by atoms with Crippen molar-refractivity contribution in [2.45, 2.75) is 6.92 Å². The van der Waals surface area contributed by atoms with E-state index >= 15 is 0 Å². The van der Waals surface area contributed by atoms with E-state index in [0.29, 0.717) is 17.0 Å². The Morgan fingerprint density at radius 2 is 1.61 bits per heavy atom. The molecule has 0 aliphatic rings. The number of para-hydroxylation sites is 2. The van der Waals surface area contributed by atoms with Crippen LogP contribution in [0.1, 0.15) is 36.0 Å². The molecule has 31 heavy (non-hydrogen) atoms. The smallest absolute Gasteiger partial charge is 0.341 e. The molecule has 0 aliphatic carbocycles. The van der Waals surface area contributed by atoms with Gasteiger partial charge in [-0.15, -0.1) is 11.3 Å². The fourth-order valence-electron chi connectivity index (χ4n) is 2.91. The molecule has 2 amide bonds. The van der Waals surface area contributed by atoms with Crippen molar-refractivity contribution in [3.8, 4) is 5.75 Å². The summed E-state index contributed by atoms with van der Waals surface area (Å²) in [5.41, 5.74) is 0.610. The summed E-state index contributed by atoms with van der Waals surface area (Å²) in [4.78, 5) is 38.0. The summed E-state index contributed by atoms with van der Waals surface area (Å²) in [5, 5.41) is 5.34. The van der Waals surface area contributed by atoms with Gasteiger partial charge in [0.05, 0.1) is 35.9 Å². The molecule has 1 heterocycles. The normalized spacial score (nSPS) is 10.3. The van der Waals surface area contributed by atoms with Gasteiger partial charge in [-0.2, -0.15) is 0 Å². The van der Waals surface area contributed by atoms with Gasteiger partial charge in [-0.05, 0) is 36.8 Å². The number of benzene rings is 2. The molecule has 3 aromatic rings. The quantitative estimate of drug-likeness (QED) is 0.549. The lowest BCUT2D eigenvalue weighted by molar-refractivity contribution is 0.0601. The molecule has 0 fully saturated rings. The van der Waals surface area contributed by atoms with Crippen LogP contribution in [0, 0.1) is 12.7 Å². The van der Waals surface area contributed by atoms with E-state index in [-0.39, 0.29) is 21.0 Å². The third-order valence-corrected chi connectivity index (χ3v) is 5.65. The van der Waals surface area contributed by atoms with Gasteiger partial charge in [-0.3, -0.25) is 9.59 Å². The fraction of sp³-hybridized carbons (Fsp3) is 0.136. The van der Waals surface area contributed by atoms with Crippen LogP contribution in [-0.4, -0.2) is 32.0 Å². The van der Waals surface area contributed by atoms with Gasteiger partial charge in [0.15, 0.2) is 0 Å². The molecule has 1 aromatic heterocycles. The second kappa shape index (κ2) is 9.40. The number of rotatable bonds is 6. The number of halogens is 1. The van der Waals surface area contributed by atoms with E-state index < -0.39 is 23.6 Å². The van der Waals surface area contributed by atoms with Crippen molar-refractivity contribution in [3.63, 3.8) is 0 Å². The maximum atomic E-state index is 14.0. The number of ether oxygens (including phenoxy) is 2. The van der Waals surface area contributed by atoms with E-state index in [0.717, 1.165) is 17.4 Å². The number of thiophene rings is 1. The zero-order valence-electron chi connectivity index (χ0n) is 16.9. The Kier molecular flexibility index (Phi) is 6.66. The van der Waals surface area contributed by atoms with E-state index in [9.17, 15) is 18.8 Å². The molecule has 9 heteroatoms. The van der Waals surface area contributed by atoms with E-state index in [1.807, 2.05) is 0 Å². The first-order valence-corrected chi connectivity index (χ1v) is 9.91. The predicted molar refractivity (Wildman–Crippen MR) is 116 cm³/mol. The molecule has 160 valence electrons. The minimum absolute atomic E-state index is 0.0300. The highest BCUT2D eigenvalue weighted by atomic mass is 32.1. The van der Waals surface area contributed by atoms with Crippen LogP contribution >= 0.6 is 11.3 Å². The van der Waals surface area contributed by atoms with Crippen molar-refractivity contribution in [2.24, 2.45) is 0 Å². The third-order valence-electron chi connectivity index (χ3n) is 4.44. The van der Waals surface area contributed by atoms with Crippen LogP contribution in [0.25, 0.3) is 0 Å². The molecule has 3 rings (SSSR count). The van der Waals surface area contributed by atoms with Crippen LogP contribution in [0.2, 0.25) is 0 Å². The second-order valence-corrected chi connectivity index (χ2v) is 7.36. The fourth-order valence-corrected chi connectivity index (χ4v) is 3.99. The van der Waals surface area contributed by atoms with Crippen molar-refractivity contribution in [2.75, 3.05) is 24.9 Å². The molecule has 0 saturated carbocycles. The summed E-state index contributed by atoms with van der Waals surface area (Å²) < 4.78 is 24.0. The molecule has 0 bridgehead atoms. The van der Waals surface area contributed by atoms with E-state index in [4.69, 9.17) is 9.47 Å². The Labute approximate surface area is 181 Å². The largest absolute Gasteiger partial charge is 0.495 e. The molecule has 2 N–H and O–H groups in total. The molecular weight excluding hydrogens is 423 g/mol. The highest BCUT2D eigenvalue weighted by molar-refractivity contribution is 7.19. The standard InChI is InChI=1S/C22H19FN2O5S/c1-12-17(22(28)30-3)21(25-19(26)13-8-4-5-9-14(13)23)31-18(12)20(27)24-15-10-6-7-11-16(15)29-2/h4-11H,1-3H3,(H,24,27)(H,25,26). The Balaban J connectivity index is 1.96. The average Bonchev–Trinajstić information content (AvgIpc) is 3.09. The summed E-state index contributed by atoms with van der Waals surface area (Å²) in [6.45, 7) is 1.57. The topological polar surface area (TPSA) is 93.7 Å². The highest BCUT2D eigenvalue weighted by Gasteiger charge is 2.27. The molecule has 0 spiro atoms. The highest BCUT2D eigenvalue weighted by Crippen LogP contribution is 2.35. The lowest BCUT2D eigenvalue weighted by Crippen LogP contribution is -2.15. The summed E-state index contributed by atoms with van der Waals surface area (Å²) >= 11 is 0.891. The zero-order valence-corrected chi connectivity index (χ0v) is 17.8. The first-order valence-electron chi connectivity index (χ1n) is 9.09. The van der Waals surface area contributed by atoms with Crippen LogP contribution in [0.15, 0.2) is 48.5 Å². The molecule has 0 radical (unpaired) electrons. The SMILES string of the molecule is COC(=O)c1c(NC(=O)c2ccccc2F)sc(C(=O)Nc2ccccc2OC)c1C. The van der Waals surface area contributed by atoms with Crippen molar-refractivity contribution in [3.05, 3.63) is 75.9 Å². The van der Waals surface area contributed by atoms with Gasteiger partial charge in [0, 0.05) is 0 Å². The van der Waals surface area contributed by atoms with Gasteiger partial charge in [-0.1, -0.05) is 24.3 Å². The Bertz CT molecular complexity index is 1160. The Hall–Kier alpha value is -3.72. The van der Waals surface area contributed by atoms with Gasteiger partial charge >= 0.3 is 5.97 Å². The van der Waals surface area contributed by atoms with Crippen molar-refractivity contribution < 1.29 is 28.2 Å². The molecule has 0 saturated heterocycles. The lowest BCUT2D eigenvalue weighted by atomic mass is 10.1. The molecule has 0 aliphatic heterocycles. The second-order valence-electron chi connectivity index (χ2n) is 6.34. The Morgan fingerprint density at radius 3 is 2.29 bits per heavy atom. The van der Waals surface area contributed by atoms with Gasteiger partial charge in [-0.25, -0.2) is 9.18 Å². The molecule has 7 nitrogen and oxygen atoms in total. The number of anilines is 2. The number of esters is 1. The number of hydrogen-bond donors (Lipinski definition) is 2. The number of carbonyl (C=O) groups is 3. The molecule has 0 atom stereocenters. The summed E-state index contributed by atoms with van der Waals surface area (Å²) in [6, 6.07) is 12.3. The van der Waals surface area contributed by atoms with Crippen molar-refractivity contribution in [1.82, 2.24) is 0 Å². The van der Waals surface area contributed by atoms with Crippen LogP contribution in [0.4, 0.5) is 15.1 Å². The first kappa shape index (κ1) is 22.0. The predicted octanol–water partition coefficient (Wildman–Crippen LogP) is 4.50. The van der Waals surface area contributed by atoms with Crippen LogP contribution in [0.3, 0.4) is 0 Å². The van der Waals surface area contributed by atoms with Gasteiger partial charge in [0.2, 0.25) is 0 Å². The summed E-state index contributed by atoms with van der Waals surface area (Å²) in [5.74, 6) is -2.22. The van der Waals surface area contributed by atoms with Crippen LogP contribution in [-0.2, 0) is 4.74 Å². The van der Waals surface area contributed by atoms with E-state index in [1.165, 1.54) is 32.4 Å². The monoisotopic (exact) mass is 442 g/mol. The average molecular weight is 442 g/mol. The van der Waals surface area contributed by atoms with E-state index in [1.54, 1.807) is 31.2 Å². The minimum atomic E-state index is -0.749. The van der Waals surface area contributed by atoms with Gasteiger partial charge in [0.25, 0.3) is 11.8 Å². The van der Waals surface area contributed by atoms with Crippen molar-refractivity contribution >= 4 is 39.8 Å². The van der Waals surface area contributed by atoms with E-state index in [2.05, 4.69) is 10.6 Å². The first-order chi connectivity index (χ1) is 14.9. The number of amides is 2. The maximum absolute atomic E-state index is 14.0. The number of methoxy groups -OCH3 is 2. The summed E-state index contributed by atoms with van der Waals surface area (Å²) in [7, 11) is 2.67. The van der Waals surface area contributed by atoms with Crippen molar-refractivity contribution in [1.29, 1.82) is 0 Å². The molecule has 2 aromatic carbocycles. The Morgan fingerprint density at radius 1 is 0.935 bits per heavy atom. The molecular formula is C22H19FN2O5S. The van der Waals surface area contributed by atoms with Crippen LogP contribution < -0.4 is 15.4 Å². The number of nitrogens with one attached hydrogen (secondary N) is 2. The lowest BCUT2D eigenvalue weighted by Gasteiger charge is -2.09. The number of carbonyl (C=O) groups excluding carboxylic acids is 3.